The van der Waals surface area contributed by atoms with E-state index in [-0.39, 0.29) is 0 Å². The van der Waals surface area contributed by atoms with Gasteiger partial charge in [-0.3, -0.25) is 0 Å². The molecule has 1 rings (SSSR count). The van der Waals surface area contributed by atoms with Crippen molar-refractivity contribution >= 4 is 11.8 Å². The van der Waals surface area contributed by atoms with E-state index in [0.29, 0.717) is 0 Å². The van der Waals surface area contributed by atoms with Crippen LogP contribution < -0.4 is 5.32 Å². The van der Waals surface area contributed by atoms with Crippen LogP contribution in [0.5, 0.6) is 0 Å². The minimum Gasteiger partial charge on any atom is -0.313 e. The SMILES string of the molecule is CCCC1CC(NCC)CS1. The van der Waals surface area contributed by atoms with E-state index in [1.54, 1.807) is 0 Å². The number of thioether (sulfide) groups is 1. The Morgan fingerprint density at radius 1 is 1.45 bits per heavy atom. The highest BCUT2D eigenvalue weighted by Gasteiger charge is 2.23. The molecule has 1 fully saturated rings. The van der Waals surface area contributed by atoms with Gasteiger partial charge in [-0.15, -0.1) is 0 Å². The molecule has 0 saturated carbocycles. The fourth-order valence-electron chi connectivity index (χ4n) is 1.66. The van der Waals surface area contributed by atoms with Crippen molar-refractivity contribution in [3.8, 4) is 0 Å². The van der Waals surface area contributed by atoms with E-state index in [1.165, 1.54) is 25.0 Å². The molecule has 0 aliphatic carbocycles. The first-order chi connectivity index (χ1) is 5.36. The monoisotopic (exact) mass is 173 g/mol. The van der Waals surface area contributed by atoms with E-state index in [4.69, 9.17) is 0 Å². The standard InChI is InChI=1S/C9H19NS/c1-3-5-9-6-8(7-11-9)10-4-2/h8-10H,3-7H2,1-2H3. The van der Waals surface area contributed by atoms with Gasteiger partial charge in [0.05, 0.1) is 0 Å². The van der Waals surface area contributed by atoms with Crippen LogP contribution in [0.2, 0.25) is 0 Å². The highest BCUT2D eigenvalue weighted by Crippen LogP contribution is 2.29. The van der Waals surface area contributed by atoms with Gasteiger partial charge in [0.15, 0.2) is 0 Å². The molecule has 2 atom stereocenters. The molecule has 0 radical (unpaired) electrons. The zero-order valence-electron chi connectivity index (χ0n) is 7.60. The first kappa shape index (κ1) is 9.40. The van der Waals surface area contributed by atoms with E-state index in [2.05, 4.69) is 30.9 Å². The third-order valence-corrected chi connectivity index (χ3v) is 3.68. The lowest BCUT2D eigenvalue weighted by molar-refractivity contribution is 0.536. The van der Waals surface area contributed by atoms with Gasteiger partial charge >= 0.3 is 0 Å². The molecule has 1 heterocycles. The fourth-order valence-corrected chi connectivity index (χ4v) is 3.19. The molecule has 0 aromatic heterocycles. The van der Waals surface area contributed by atoms with Gasteiger partial charge < -0.3 is 5.32 Å². The van der Waals surface area contributed by atoms with Crippen LogP contribution in [0.1, 0.15) is 33.1 Å². The van der Waals surface area contributed by atoms with Crippen molar-refractivity contribution in [1.29, 1.82) is 0 Å². The summed E-state index contributed by atoms with van der Waals surface area (Å²) in [5.41, 5.74) is 0. The smallest absolute Gasteiger partial charge is 0.0168 e. The molecule has 1 saturated heterocycles. The van der Waals surface area contributed by atoms with Crippen molar-refractivity contribution in [2.24, 2.45) is 0 Å². The van der Waals surface area contributed by atoms with Crippen LogP contribution in [-0.2, 0) is 0 Å². The predicted molar refractivity (Wildman–Crippen MR) is 53.2 cm³/mol. The Hall–Kier alpha value is 0.310. The lowest BCUT2D eigenvalue weighted by atomic mass is 10.1. The van der Waals surface area contributed by atoms with E-state index >= 15 is 0 Å². The Bertz CT molecular complexity index is 93.7. The quantitative estimate of drug-likeness (QED) is 0.700. The molecule has 1 nitrogen and oxygen atoms in total. The fraction of sp³-hybridized carbons (Fsp3) is 1.00. The Labute approximate surface area is 74.3 Å². The topological polar surface area (TPSA) is 12.0 Å². The second-order valence-corrected chi connectivity index (χ2v) is 4.57. The number of hydrogen-bond acceptors (Lipinski definition) is 2. The van der Waals surface area contributed by atoms with Crippen molar-refractivity contribution in [2.75, 3.05) is 12.3 Å². The summed E-state index contributed by atoms with van der Waals surface area (Å²) in [5, 5.41) is 4.46. The minimum atomic E-state index is 0.807. The first-order valence-corrected chi connectivity index (χ1v) is 5.76. The molecule has 11 heavy (non-hydrogen) atoms. The van der Waals surface area contributed by atoms with E-state index < -0.39 is 0 Å². The summed E-state index contributed by atoms with van der Waals surface area (Å²) in [5.74, 6) is 1.33. The number of nitrogens with one attached hydrogen (secondary N) is 1. The summed E-state index contributed by atoms with van der Waals surface area (Å²) in [6.45, 7) is 5.60. The Kier molecular flexibility index (Phi) is 4.31. The summed E-state index contributed by atoms with van der Waals surface area (Å²) in [6, 6.07) is 0.807. The predicted octanol–water partition coefficient (Wildman–Crippen LogP) is 2.27. The van der Waals surface area contributed by atoms with Crippen molar-refractivity contribution in [3.63, 3.8) is 0 Å². The van der Waals surface area contributed by atoms with Crippen molar-refractivity contribution in [3.05, 3.63) is 0 Å². The average Bonchev–Trinajstić information content (AvgIpc) is 2.38. The Morgan fingerprint density at radius 3 is 2.91 bits per heavy atom. The molecule has 1 N–H and O–H groups in total. The summed E-state index contributed by atoms with van der Waals surface area (Å²) in [7, 11) is 0. The van der Waals surface area contributed by atoms with Gasteiger partial charge in [-0.25, -0.2) is 0 Å². The normalized spacial score (nSPS) is 31.1. The molecule has 1 aliphatic heterocycles. The van der Waals surface area contributed by atoms with Crippen molar-refractivity contribution in [1.82, 2.24) is 5.32 Å². The van der Waals surface area contributed by atoms with Gasteiger partial charge in [-0.05, 0) is 19.4 Å². The highest BCUT2D eigenvalue weighted by atomic mass is 32.2. The van der Waals surface area contributed by atoms with Gasteiger partial charge in [0.2, 0.25) is 0 Å². The lowest BCUT2D eigenvalue weighted by Crippen LogP contribution is -2.28. The molecule has 66 valence electrons. The number of rotatable bonds is 4. The third kappa shape index (κ3) is 3.04. The van der Waals surface area contributed by atoms with E-state index in [0.717, 1.165) is 17.8 Å². The maximum atomic E-state index is 3.51. The van der Waals surface area contributed by atoms with Crippen molar-refractivity contribution < 1.29 is 0 Å². The summed E-state index contributed by atoms with van der Waals surface area (Å²) in [4.78, 5) is 0. The van der Waals surface area contributed by atoms with Gasteiger partial charge in [-0.1, -0.05) is 20.3 Å². The molecule has 0 bridgehead atoms. The van der Waals surface area contributed by atoms with E-state index in [1.807, 2.05) is 0 Å². The summed E-state index contributed by atoms with van der Waals surface area (Å²) >= 11 is 2.15. The largest absolute Gasteiger partial charge is 0.313 e. The highest BCUT2D eigenvalue weighted by molar-refractivity contribution is 8.00. The molecular weight excluding hydrogens is 154 g/mol. The van der Waals surface area contributed by atoms with Gasteiger partial charge in [-0.2, -0.15) is 11.8 Å². The molecule has 1 aliphatic rings. The van der Waals surface area contributed by atoms with Crippen LogP contribution in [0.4, 0.5) is 0 Å². The molecule has 0 aromatic carbocycles. The molecule has 0 amide bonds. The van der Waals surface area contributed by atoms with Crippen LogP contribution in [0.25, 0.3) is 0 Å². The first-order valence-electron chi connectivity index (χ1n) is 4.71. The van der Waals surface area contributed by atoms with Crippen LogP contribution in [0.3, 0.4) is 0 Å². The zero-order chi connectivity index (χ0) is 8.10. The molecule has 2 unspecified atom stereocenters. The number of hydrogen-bond donors (Lipinski definition) is 1. The maximum Gasteiger partial charge on any atom is 0.0168 e. The van der Waals surface area contributed by atoms with Crippen LogP contribution in [-0.4, -0.2) is 23.6 Å². The van der Waals surface area contributed by atoms with Gasteiger partial charge in [0, 0.05) is 17.0 Å². The third-order valence-electron chi connectivity index (χ3n) is 2.18. The molecule has 0 aromatic rings. The Morgan fingerprint density at radius 2 is 2.27 bits per heavy atom. The second kappa shape index (κ2) is 5.04. The van der Waals surface area contributed by atoms with Crippen LogP contribution >= 0.6 is 11.8 Å². The van der Waals surface area contributed by atoms with E-state index in [9.17, 15) is 0 Å². The molecule has 0 spiro atoms. The second-order valence-electron chi connectivity index (χ2n) is 3.23. The minimum absolute atomic E-state index is 0.807. The summed E-state index contributed by atoms with van der Waals surface area (Å²) in [6.07, 6.45) is 4.15. The van der Waals surface area contributed by atoms with Gasteiger partial charge in [0.25, 0.3) is 0 Å². The molecular formula is C9H19NS. The average molecular weight is 173 g/mol. The van der Waals surface area contributed by atoms with Crippen molar-refractivity contribution in [2.45, 2.75) is 44.4 Å². The molecule has 2 heteroatoms. The Balaban J connectivity index is 2.12. The summed E-state index contributed by atoms with van der Waals surface area (Å²) < 4.78 is 0. The van der Waals surface area contributed by atoms with Crippen LogP contribution in [0.15, 0.2) is 0 Å². The zero-order valence-corrected chi connectivity index (χ0v) is 8.41. The van der Waals surface area contributed by atoms with Crippen LogP contribution in [0, 0.1) is 0 Å². The lowest BCUT2D eigenvalue weighted by Gasteiger charge is -2.09. The van der Waals surface area contributed by atoms with Gasteiger partial charge in [0.1, 0.15) is 0 Å². The maximum absolute atomic E-state index is 3.51.